The third-order valence-corrected chi connectivity index (χ3v) is 8.10. The van der Waals surface area contributed by atoms with Gasteiger partial charge >= 0.3 is 0 Å². The van der Waals surface area contributed by atoms with Crippen molar-refractivity contribution in [2.45, 2.75) is 79.1 Å². The van der Waals surface area contributed by atoms with Crippen LogP contribution in [0.4, 0.5) is 34.6 Å². The summed E-state index contributed by atoms with van der Waals surface area (Å²) in [6, 6.07) is 32.2. The molecule has 0 aliphatic carbocycles. The lowest BCUT2D eigenvalue weighted by Crippen LogP contribution is -2.17. The summed E-state index contributed by atoms with van der Waals surface area (Å²) in [5, 5.41) is 0. The van der Waals surface area contributed by atoms with Gasteiger partial charge in [-0.3, -0.25) is 9.80 Å². The molecule has 0 bridgehead atoms. The average molecular weight is 584 g/mol. The first kappa shape index (κ1) is 30.9. The van der Waals surface area contributed by atoms with Gasteiger partial charge in [-0.25, -0.2) is 15.0 Å². The summed E-state index contributed by atoms with van der Waals surface area (Å²) < 4.78 is 0. The van der Waals surface area contributed by atoms with E-state index >= 15 is 0 Å². The second-order valence-electron chi connectivity index (χ2n) is 12.7. The Bertz CT molecular complexity index is 1480. The number of hydrogen-bond acceptors (Lipinski definition) is 5. The van der Waals surface area contributed by atoms with Gasteiger partial charge in [0.15, 0.2) is 0 Å². The van der Waals surface area contributed by atoms with Crippen LogP contribution in [0.1, 0.15) is 101 Å². The summed E-state index contributed by atoms with van der Waals surface area (Å²) in [6.45, 7) is 17.7. The molecule has 2 aromatic carbocycles. The van der Waals surface area contributed by atoms with E-state index in [0.29, 0.717) is 23.7 Å². The van der Waals surface area contributed by atoms with Crippen molar-refractivity contribution >= 4 is 34.6 Å². The molecule has 3 aromatic heterocycles. The lowest BCUT2D eigenvalue weighted by atomic mass is 10.0. The number of pyridine rings is 3. The Hall–Kier alpha value is -4.51. The molecule has 0 spiro atoms. The molecule has 3 heterocycles. The molecule has 0 fully saturated rings. The summed E-state index contributed by atoms with van der Waals surface area (Å²) >= 11 is 0. The monoisotopic (exact) mass is 583 g/mol. The molecule has 0 aliphatic heterocycles. The number of benzene rings is 2. The largest absolute Gasteiger partial charge is 0.279 e. The van der Waals surface area contributed by atoms with Crippen molar-refractivity contribution in [2.75, 3.05) is 9.80 Å². The summed E-state index contributed by atoms with van der Waals surface area (Å²) in [7, 11) is 0. The number of aromatic nitrogens is 3. The highest BCUT2D eigenvalue weighted by Crippen LogP contribution is 2.39. The molecule has 0 amide bonds. The minimum absolute atomic E-state index is 0.378. The minimum Gasteiger partial charge on any atom is -0.279 e. The molecule has 5 aromatic rings. The molecule has 226 valence electrons. The van der Waals surface area contributed by atoms with Crippen molar-refractivity contribution in [2.24, 2.45) is 0 Å². The molecular formula is C39H45N5. The zero-order chi connectivity index (χ0) is 31.4. The van der Waals surface area contributed by atoms with Crippen molar-refractivity contribution in [1.82, 2.24) is 15.0 Å². The first-order chi connectivity index (χ1) is 21.1. The van der Waals surface area contributed by atoms with E-state index in [-0.39, 0.29) is 0 Å². The fourth-order valence-electron chi connectivity index (χ4n) is 5.30. The molecule has 0 atom stereocenters. The van der Waals surface area contributed by atoms with E-state index in [1.807, 2.05) is 12.4 Å². The first-order valence-corrected chi connectivity index (χ1v) is 15.8. The van der Waals surface area contributed by atoms with Crippen LogP contribution < -0.4 is 9.80 Å². The molecule has 0 radical (unpaired) electrons. The van der Waals surface area contributed by atoms with Crippen LogP contribution in [0.15, 0.2) is 103 Å². The third kappa shape index (κ3) is 6.83. The summed E-state index contributed by atoms with van der Waals surface area (Å²) in [6.07, 6.45) is 3.80. The molecular weight excluding hydrogens is 538 g/mol. The van der Waals surface area contributed by atoms with E-state index in [1.54, 1.807) is 0 Å². The maximum atomic E-state index is 5.35. The van der Waals surface area contributed by atoms with E-state index in [2.05, 4.69) is 156 Å². The van der Waals surface area contributed by atoms with Gasteiger partial charge in [0.1, 0.15) is 23.3 Å². The van der Waals surface area contributed by atoms with E-state index in [9.17, 15) is 0 Å². The lowest BCUT2D eigenvalue weighted by Gasteiger charge is -2.28. The van der Waals surface area contributed by atoms with Crippen molar-refractivity contribution in [3.05, 3.63) is 126 Å². The molecule has 5 rings (SSSR count). The fraction of sp³-hybridized carbons (Fsp3) is 0.308. The number of anilines is 6. The number of nitrogens with zero attached hydrogens (tertiary/aromatic N) is 5. The highest BCUT2D eigenvalue weighted by atomic mass is 15.3. The second kappa shape index (κ2) is 13.4. The number of hydrogen-bond donors (Lipinski definition) is 0. The highest BCUT2D eigenvalue weighted by Gasteiger charge is 2.21. The van der Waals surface area contributed by atoms with Gasteiger partial charge in [0.25, 0.3) is 0 Å². The van der Waals surface area contributed by atoms with Crippen LogP contribution in [0.3, 0.4) is 0 Å². The summed E-state index contributed by atoms with van der Waals surface area (Å²) in [4.78, 5) is 19.4. The van der Waals surface area contributed by atoms with Crippen LogP contribution in [-0.2, 0) is 0 Å². The predicted molar refractivity (Wildman–Crippen MR) is 186 cm³/mol. The minimum atomic E-state index is 0.378. The standard InChI is InChI=1S/C39H45N5/c1-26(2)30-12-9-14-34(22-30)43(38-24-32(28(5)6)18-20-40-38)36-16-11-17-37(42-36)44(35-15-10-13-31(23-35)27(3)4)39-25-33(29(7)8)19-21-41-39/h9-29H,1-8H3. The fourth-order valence-corrected chi connectivity index (χ4v) is 5.30. The Kier molecular flexibility index (Phi) is 9.43. The van der Waals surface area contributed by atoms with Crippen molar-refractivity contribution in [3.63, 3.8) is 0 Å². The van der Waals surface area contributed by atoms with Crippen molar-refractivity contribution < 1.29 is 0 Å². The zero-order valence-electron chi connectivity index (χ0n) is 27.4. The van der Waals surface area contributed by atoms with Gasteiger partial charge in [-0.1, -0.05) is 85.7 Å². The Morgan fingerprint density at radius 2 is 0.773 bits per heavy atom. The van der Waals surface area contributed by atoms with E-state index in [0.717, 1.165) is 34.6 Å². The zero-order valence-corrected chi connectivity index (χ0v) is 27.4. The Balaban J connectivity index is 1.71. The first-order valence-electron chi connectivity index (χ1n) is 15.8. The maximum Gasteiger partial charge on any atom is 0.141 e. The molecule has 0 saturated heterocycles. The van der Waals surface area contributed by atoms with Crippen LogP contribution in [0, 0.1) is 0 Å². The molecule has 5 heteroatoms. The van der Waals surface area contributed by atoms with Crippen molar-refractivity contribution in [1.29, 1.82) is 0 Å². The quantitative estimate of drug-likeness (QED) is 0.164. The topological polar surface area (TPSA) is 45.2 Å². The average Bonchev–Trinajstić information content (AvgIpc) is 3.02. The molecule has 44 heavy (non-hydrogen) atoms. The molecule has 5 nitrogen and oxygen atoms in total. The third-order valence-electron chi connectivity index (χ3n) is 8.10. The van der Waals surface area contributed by atoms with E-state index in [1.165, 1.54) is 22.3 Å². The maximum absolute atomic E-state index is 5.35. The Morgan fingerprint density at radius 1 is 0.409 bits per heavy atom. The van der Waals surface area contributed by atoms with Gasteiger partial charge in [-0.05, 0) is 107 Å². The van der Waals surface area contributed by atoms with Gasteiger partial charge in [0.2, 0.25) is 0 Å². The SMILES string of the molecule is CC(C)c1cccc(N(c2cc(C(C)C)ccn2)c2cccc(N(c3cccc(C(C)C)c3)c3cc(C(C)C)ccn3)n2)c1. The second-order valence-corrected chi connectivity index (χ2v) is 12.7. The lowest BCUT2D eigenvalue weighted by molar-refractivity contribution is 0.860. The van der Waals surface area contributed by atoms with Gasteiger partial charge < -0.3 is 0 Å². The summed E-state index contributed by atoms with van der Waals surface area (Å²) in [5.74, 6) is 4.82. The molecule has 0 aliphatic rings. The highest BCUT2D eigenvalue weighted by molar-refractivity contribution is 5.77. The molecule has 0 N–H and O–H groups in total. The van der Waals surface area contributed by atoms with Gasteiger partial charge in [-0.15, -0.1) is 0 Å². The van der Waals surface area contributed by atoms with Gasteiger partial charge in [-0.2, -0.15) is 0 Å². The normalized spacial score (nSPS) is 11.5. The van der Waals surface area contributed by atoms with Gasteiger partial charge in [0.05, 0.1) is 0 Å². The van der Waals surface area contributed by atoms with Crippen LogP contribution in [-0.4, -0.2) is 15.0 Å². The Morgan fingerprint density at radius 3 is 1.16 bits per heavy atom. The number of rotatable bonds is 10. The molecule has 0 unspecified atom stereocenters. The summed E-state index contributed by atoms with van der Waals surface area (Å²) in [5.41, 5.74) is 7.07. The van der Waals surface area contributed by atoms with Crippen molar-refractivity contribution in [3.8, 4) is 0 Å². The predicted octanol–water partition coefficient (Wildman–Crippen LogP) is 11.3. The van der Waals surface area contributed by atoms with Crippen LogP contribution in [0.25, 0.3) is 0 Å². The Labute approximate surface area is 263 Å². The van der Waals surface area contributed by atoms with Gasteiger partial charge in [0, 0.05) is 23.8 Å². The van der Waals surface area contributed by atoms with E-state index < -0.39 is 0 Å². The van der Waals surface area contributed by atoms with Crippen LogP contribution >= 0.6 is 0 Å². The van der Waals surface area contributed by atoms with Crippen LogP contribution in [0.2, 0.25) is 0 Å². The molecule has 0 saturated carbocycles. The van der Waals surface area contributed by atoms with Crippen LogP contribution in [0.5, 0.6) is 0 Å². The smallest absolute Gasteiger partial charge is 0.141 e. The van der Waals surface area contributed by atoms with E-state index in [4.69, 9.17) is 15.0 Å².